The van der Waals surface area contributed by atoms with E-state index in [1.165, 1.54) is 4.57 Å². The van der Waals surface area contributed by atoms with Crippen LogP contribution < -0.4 is 10.9 Å². The van der Waals surface area contributed by atoms with Gasteiger partial charge < -0.3 is 14.8 Å². The van der Waals surface area contributed by atoms with E-state index in [0.29, 0.717) is 22.8 Å². The Kier molecular flexibility index (Phi) is 3.18. The molecule has 0 bridgehead atoms. The van der Waals surface area contributed by atoms with Crippen molar-refractivity contribution in [2.24, 2.45) is 7.05 Å². The molecule has 6 nitrogen and oxygen atoms in total. The van der Waals surface area contributed by atoms with E-state index in [1.807, 2.05) is 25.4 Å². The molecule has 1 aliphatic carbocycles. The van der Waals surface area contributed by atoms with E-state index >= 15 is 0 Å². The first-order valence-corrected chi connectivity index (χ1v) is 7.83. The zero-order valence-corrected chi connectivity index (χ0v) is 13.3. The standard InChI is InChI=1S/C17H19N5O/c1-21-7-3-4-11(9-21)13-8-14-15(17(23)22(2)10-18-14)16(20-13)19-12-5-6-12/h3-4,7-8,10,12H,5-6,9H2,1-2H3,(H,19,20). The number of anilines is 1. The van der Waals surface area contributed by atoms with Crippen LogP contribution in [0.15, 0.2) is 35.5 Å². The number of allylic oxidation sites excluding steroid dienone is 2. The van der Waals surface area contributed by atoms with Gasteiger partial charge in [0.15, 0.2) is 0 Å². The number of aromatic nitrogens is 3. The highest BCUT2D eigenvalue weighted by Crippen LogP contribution is 2.29. The first kappa shape index (κ1) is 14.0. The number of pyridine rings is 1. The first-order valence-electron chi connectivity index (χ1n) is 7.83. The van der Waals surface area contributed by atoms with Crippen molar-refractivity contribution >= 4 is 22.3 Å². The maximum absolute atomic E-state index is 12.5. The molecule has 0 radical (unpaired) electrons. The SMILES string of the molecule is CN1C=CC=C(c2cc3ncn(C)c(=O)c3c(NC3CC3)n2)C1. The maximum Gasteiger partial charge on any atom is 0.264 e. The quantitative estimate of drug-likeness (QED) is 0.936. The molecule has 0 atom stereocenters. The van der Waals surface area contributed by atoms with E-state index in [4.69, 9.17) is 4.98 Å². The van der Waals surface area contributed by atoms with Gasteiger partial charge in [-0.3, -0.25) is 4.79 Å². The molecule has 2 aliphatic rings. The Balaban J connectivity index is 1.90. The van der Waals surface area contributed by atoms with Crippen LogP contribution in [0.4, 0.5) is 5.82 Å². The summed E-state index contributed by atoms with van der Waals surface area (Å²) >= 11 is 0. The Morgan fingerprint density at radius 3 is 2.87 bits per heavy atom. The smallest absolute Gasteiger partial charge is 0.264 e. The van der Waals surface area contributed by atoms with Gasteiger partial charge in [-0.05, 0) is 36.8 Å². The number of hydrogen-bond donors (Lipinski definition) is 1. The molecule has 2 aromatic rings. The third-order valence-electron chi connectivity index (χ3n) is 4.21. The zero-order valence-electron chi connectivity index (χ0n) is 13.3. The number of nitrogens with one attached hydrogen (secondary N) is 1. The minimum absolute atomic E-state index is 0.0631. The van der Waals surface area contributed by atoms with Gasteiger partial charge in [-0.2, -0.15) is 0 Å². The lowest BCUT2D eigenvalue weighted by molar-refractivity contribution is 0.512. The Hall–Kier alpha value is -2.63. The van der Waals surface area contributed by atoms with Gasteiger partial charge >= 0.3 is 0 Å². The van der Waals surface area contributed by atoms with Crippen LogP contribution in [0.25, 0.3) is 16.5 Å². The van der Waals surface area contributed by atoms with Crippen LogP contribution in [-0.2, 0) is 7.05 Å². The van der Waals surface area contributed by atoms with Crippen LogP contribution in [0.2, 0.25) is 0 Å². The number of nitrogens with zero attached hydrogens (tertiary/aromatic N) is 4. The summed E-state index contributed by atoms with van der Waals surface area (Å²) in [5.74, 6) is 0.659. The summed E-state index contributed by atoms with van der Waals surface area (Å²) in [6.07, 6.45) is 9.93. The van der Waals surface area contributed by atoms with Gasteiger partial charge in [-0.25, -0.2) is 9.97 Å². The Labute approximate surface area is 134 Å². The number of likely N-dealkylation sites (N-methyl/N-ethyl adjacent to an activating group) is 1. The monoisotopic (exact) mass is 309 g/mol. The van der Waals surface area contributed by atoms with Crippen molar-refractivity contribution in [3.63, 3.8) is 0 Å². The second-order valence-electron chi connectivity index (χ2n) is 6.28. The molecule has 0 aromatic carbocycles. The molecule has 0 spiro atoms. The van der Waals surface area contributed by atoms with Gasteiger partial charge in [0.25, 0.3) is 5.56 Å². The number of rotatable bonds is 3. The predicted molar refractivity (Wildman–Crippen MR) is 91.2 cm³/mol. The van der Waals surface area contributed by atoms with Crippen molar-refractivity contribution < 1.29 is 0 Å². The predicted octanol–water partition coefficient (Wildman–Crippen LogP) is 1.75. The van der Waals surface area contributed by atoms with E-state index in [1.54, 1.807) is 13.4 Å². The van der Waals surface area contributed by atoms with Crippen LogP contribution in [-0.4, -0.2) is 39.1 Å². The largest absolute Gasteiger partial charge is 0.376 e. The van der Waals surface area contributed by atoms with Crippen LogP contribution in [0.1, 0.15) is 18.5 Å². The zero-order chi connectivity index (χ0) is 16.0. The lowest BCUT2D eigenvalue weighted by Gasteiger charge is -2.20. The molecule has 3 heterocycles. The molecule has 6 heteroatoms. The second-order valence-corrected chi connectivity index (χ2v) is 6.28. The molecule has 1 fully saturated rings. The average Bonchev–Trinajstić information content (AvgIpc) is 3.34. The first-order chi connectivity index (χ1) is 11.1. The molecular weight excluding hydrogens is 290 g/mol. The van der Waals surface area contributed by atoms with Crippen LogP contribution >= 0.6 is 0 Å². The van der Waals surface area contributed by atoms with E-state index in [9.17, 15) is 4.79 Å². The second kappa shape index (κ2) is 5.22. The molecular formula is C17H19N5O. The fourth-order valence-electron chi connectivity index (χ4n) is 2.76. The van der Waals surface area contributed by atoms with E-state index in [0.717, 1.165) is 30.7 Å². The Morgan fingerprint density at radius 2 is 2.13 bits per heavy atom. The highest BCUT2D eigenvalue weighted by molar-refractivity contribution is 5.91. The van der Waals surface area contributed by atoms with Crippen LogP contribution in [0, 0.1) is 0 Å². The van der Waals surface area contributed by atoms with Crippen molar-refractivity contribution in [2.45, 2.75) is 18.9 Å². The molecule has 1 N–H and O–H groups in total. The molecule has 2 aromatic heterocycles. The van der Waals surface area contributed by atoms with E-state index < -0.39 is 0 Å². The topological polar surface area (TPSA) is 63.1 Å². The minimum atomic E-state index is -0.0631. The van der Waals surface area contributed by atoms with Crippen LogP contribution in [0.5, 0.6) is 0 Å². The summed E-state index contributed by atoms with van der Waals surface area (Å²) < 4.78 is 1.50. The summed E-state index contributed by atoms with van der Waals surface area (Å²) in [5.41, 5.74) is 2.63. The maximum atomic E-state index is 12.5. The fourth-order valence-corrected chi connectivity index (χ4v) is 2.76. The molecule has 0 unspecified atom stereocenters. The van der Waals surface area contributed by atoms with Crippen molar-refractivity contribution in [3.8, 4) is 0 Å². The number of hydrogen-bond acceptors (Lipinski definition) is 5. The van der Waals surface area contributed by atoms with E-state index in [2.05, 4.69) is 21.3 Å². The normalized spacial score (nSPS) is 17.5. The van der Waals surface area contributed by atoms with Gasteiger partial charge in [0.1, 0.15) is 11.2 Å². The molecule has 4 rings (SSSR count). The lowest BCUT2D eigenvalue weighted by Crippen LogP contribution is -2.21. The van der Waals surface area contributed by atoms with E-state index in [-0.39, 0.29) is 5.56 Å². The third kappa shape index (κ3) is 2.60. The Bertz CT molecular complexity index is 892. The highest BCUT2D eigenvalue weighted by atomic mass is 16.1. The summed E-state index contributed by atoms with van der Waals surface area (Å²) in [7, 11) is 3.74. The third-order valence-corrected chi connectivity index (χ3v) is 4.21. The van der Waals surface area contributed by atoms with Gasteiger partial charge in [0.05, 0.1) is 17.5 Å². The van der Waals surface area contributed by atoms with Crippen molar-refractivity contribution in [3.05, 3.63) is 46.8 Å². The molecule has 0 amide bonds. The minimum Gasteiger partial charge on any atom is -0.376 e. The summed E-state index contributed by atoms with van der Waals surface area (Å²) in [5, 5.41) is 3.97. The fraction of sp³-hybridized carbons (Fsp3) is 0.353. The lowest BCUT2D eigenvalue weighted by atomic mass is 10.1. The van der Waals surface area contributed by atoms with Gasteiger partial charge in [0, 0.05) is 26.7 Å². The van der Waals surface area contributed by atoms with Crippen molar-refractivity contribution in [2.75, 3.05) is 18.9 Å². The van der Waals surface area contributed by atoms with Crippen molar-refractivity contribution in [1.29, 1.82) is 0 Å². The number of aryl methyl sites for hydroxylation is 1. The summed E-state index contributed by atoms with van der Waals surface area (Å²) in [6, 6.07) is 2.34. The summed E-state index contributed by atoms with van der Waals surface area (Å²) in [6.45, 7) is 0.794. The van der Waals surface area contributed by atoms with Crippen LogP contribution in [0.3, 0.4) is 0 Å². The van der Waals surface area contributed by atoms with Gasteiger partial charge in [-0.1, -0.05) is 6.08 Å². The number of fused-ring (bicyclic) bond motifs is 1. The highest BCUT2D eigenvalue weighted by Gasteiger charge is 2.24. The molecule has 118 valence electrons. The molecule has 0 saturated heterocycles. The Morgan fingerprint density at radius 1 is 1.30 bits per heavy atom. The van der Waals surface area contributed by atoms with Crippen molar-refractivity contribution in [1.82, 2.24) is 19.4 Å². The molecule has 1 saturated carbocycles. The molecule has 1 aliphatic heterocycles. The van der Waals surface area contributed by atoms with Gasteiger partial charge in [0.2, 0.25) is 0 Å². The molecule has 23 heavy (non-hydrogen) atoms. The van der Waals surface area contributed by atoms with Gasteiger partial charge in [-0.15, -0.1) is 0 Å². The summed E-state index contributed by atoms with van der Waals surface area (Å²) in [4.78, 5) is 23.8. The average molecular weight is 309 g/mol.